The number of hydrogen-bond acceptors (Lipinski definition) is 3. The topological polar surface area (TPSA) is 71.2 Å². The maximum absolute atomic E-state index is 11.7. The number of esters is 1. The molecule has 2 aromatic rings. The Bertz CT molecular complexity index is 651. The zero-order valence-corrected chi connectivity index (χ0v) is 12.0. The van der Waals surface area contributed by atoms with Crippen molar-refractivity contribution in [3.63, 3.8) is 0 Å². The van der Waals surface area contributed by atoms with E-state index in [4.69, 9.17) is 16.3 Å². The van der Waals surface area contributed by atoms with Gasteiger partial charge in [0, 0.05) is 35.5 Å². The Morgan fingerprint density at radius 1 is 1.45 bits per heavy atom. The maximum atomic E-state index is 11.7. The SMILES string of the molecule is COC(=O)[C@H](Cc1c[nH]c2cc(Cl)ccc12)NC(C)=O. The fraction of sp³-hybridized carbons (Fsp3) is 0.286. The van der Waals surface area contributed by atoms with Crippen molar-refractivity contribution in [3.8, 4) is 0 Å². The number of benzene rings is 1. The average Bonchev–Trinajstić information content (AvgIpc) is 2.78. The van der Waals surface area contributed by atoms with Crippen LogP contribution in [0.5, 0.6) is 0 Å². The molecule has 20 heavy (non-hydrogen) atoms. The summed E-state index contributed by atoms with van der Waals surface area (Å²) in [6, 6.07) is 4.77. The van der Waals surface area contributed by atoms with E-state index >= 15 is 0 Å². The molecule has 0 saturated heterocycles. The second kappa shape index (κ2) is 5.96. The molecule has 0 bridgehead atoms. The molecule has 2 N–H and O–H groups in total. The molecule has 0 aliphatic rings. The standard InChI is InChI=1S/C14H15ClN2O3/c1-8(18)17-13(14(19)20-2)5-9-7-16-12-6-10(15)3-4-11(9)12/h3-4,6-7,13,16H,5H2,1-2H3,(H,17,18)/t13-/m0/s1. The largest absolute Gasteiger partial charge is 0.467 e. The molecule has 1 atom stereocenters. The van der Waals surface area contributed by atoms with E-state index in [1.807, 2.05) is 12.1 Å². The Hall–Kier alpha value is -2.01. The minimum atomic E-state index is -0.702. The van der Waals surface area contributed by atoms with Crippen LogP contribution in [0.15, 0.2) is 24.4 Å². The van der Waals surface area contributed by atoms with Gasteiger partial charge in [-0.3, -0.25) is 4.79 Å². The van der Waals surface area contributed by atoms with Crippen LogP contribution in [0.4, 0.5) is 0 Å². The average molecular weight is 295 g/mol. The molecule has 0 fully saturated rings. The molecule has 0 saturated carbocycles. The first-order valence-electron chi connectivity index (χ1n) is 6.11. The van der Waals surface area contributed by atoms with E-state index in [9.17, 15) is 9.59 Å². The van der Waals surface area contributed by atoms with Gasteiger partial charge in [-0.05, 0) is 17.7 Å². The molecule has 0 aliphatic carbocycles. The number of carbonyl (C=O) groups excluding carboxylic acids is 2. The predicted molar refractivity (Wildman–Crippen MR) is 76.6 cm³/mol. The lowest BCUT2D eigenvalue weighted by Gasteiger charge is -2.14. The number of ether oxygens (including phenoxy) is 1. The first-order chi connectivity index (χ1) is 9.51. The Morgan fingerprint density at radius 3 is 2.85 bits per heavy atom. The van der Waals surface area contributed by atoms with E-state index in [-0.39, 0.29) is 5.91 Å². The van der Waals surface area contributed by atoms with Crippen LogP contribution in [0.1, 0.15) is 12.5 Å². The van der Waals surface area contributed by atoms with Gasteiger partial charge in [0.15, 0.2) is 0 Å². The summed E-state index contributed by atoms with van der Waals surface area (Å²) >= 11 is 5.92. The number of H-pyrrole nitrogens is 1. The summed E-state index contributed by atoms with van der Waals surface area (Å²) in [7, 11) is 1.30. The Labute approximate surface area is 121 Å². The molecule has 1 heterocycles. The van der Waals surface area contributed by atoms with Crippen LogP contribution >= 0.6 is 11.6 Å². The minimum Gasteiger partial charge on any atom is -0.467 e. The van der Waals surface area contributed by atoms with Crippen molar-refractivity contribution in [2.24, 2.45) is 0 Å². The maximum Gasteiger partial charge on any atom is 0.328 e. The van der Waals surface area contributed by atoms with Gasteiger partial charge in [0.2, 0.25) is 5.91 Å². The summed E-state index contributed by atoms with van der Waals surface area (Å²) in [5, 5.41) is 4.19. The fourth-order valence-electron chi connectivity index (χ4n) is 2.13. The minimum absolute atomic E-state index is 0.275. The molecule has 1 amide bonds. The van der Waals surface area contributed by atoms with E-state index in [1.165, 1.54) is 14.0 Å². The van der Waals surface area contributed by atoms with Crippen molar-refractivity contribution in [1.82, 2.24) is 10.3 Å². The van der Waals surface area contributed by atoms with Gasteiger partial charge < -0.3 is 15.0 Å². The van der Waals surface area contributed by atoms with Gasteiger partial charge in [-0.25, -0.2) is 4.79 Å². The van der Waals surface area contributed by atoms with E-state index in [0.717, 1.165) is 16.5 Å². The van der Waals surface area contributed by atoms with E-state index < -0.39 is 12.0 Å². The summed E-state index contributed by atoms with van der Waals surface area (Å²) in [6.07, 6.45) is 2.16. The third-order valence-electron chi connectivity index (χ3n) is 3.02. The summed E-state index contributed by atoms with van der Waals surface area (Å²) in [4.78, 5) is 26.0. The first-order valence-corrected chi connectivity index (χ1v) is 6.49. The molecule has 106 valence electrons. The third kappa shape index (κ3) is 3.11. The lowest BCUT2D eigenvalue weighted by Crippen LogP contribution is -2.41. The lowest BCUT2D eigenvalue weighted by molar-refractivity contribution is -0.144. The monoisotopic (exact) mass is 294 g/mol. The van der Waals surface area contributed by atoms with Gasteiger partial charge in [-0.15, -0.1) is 0 Å². The number of amides is 1. The van der Waals surface area contributed by atoms with Crippen molar-refractivity contribution in [2.45, 2.75) is 19.4 Å². The van der Waals surface area contributed by atoms with Crippen LogP contribution in [0.3, 0.4) is 0 Å². The number of methoxy groups -OCH3 is 1. The van der Waals surface area contributed by atoms with Crippen molar-refractivity contribution >= 4 is 34.4 Å². The molecular formula is C14H15ClN2O3. The number of aromatic amines is 1. The Kier molecular flexibility index (Phi) is 4.29. The highest BCUT2D eigenvalue weighted by Gasteiger charge is 2.21. The first kappa shape index (κ1) is 14.4. The molecule has 5 nitrogen and oxygen atoms in total. The number of rotatable bonds is 4. The number of nitrogens with one attached hydrogen (secondary N) is 2. The van der Waals surface area contributed by atoms with Crippen molar-refractivity contribution < 1.29 is 14.3 Å². The van der Waals surface area contributed by atoms with Crippen LogP contribution in [0.25, 0.3) is 10.9 Å². The summed E-state index contributed by atoms with van der Waals surface area (Å²) in [5.41, 5.74) is 1.81. The zero-order chi connectivity index (χ0) is 14.7. The van der Waals surface area contributed by atoms with Crippen LogP contribution in [0, 0.1) is 0 Å². The Balaban J connectivity index is 2.28. The van der Waals surface area contributed by atoms with E-state index in [2.05, 4.69) is 10.3 Å². The van der Waals surface area contributed by atoms with Crippen LogP contribution in [0.2, 0.25) is 5.02 Å². The van der Waals surface area contributed by atoms with Crippen LogP contribution in [-0.4, -0.2) is 30.0 Å². The highest BCUT2D eigenvalue weighted by Crippen LogP contribution is 2.23. The third-order valence-corrected chi connectivity index (χ3v) is 3.25. The molecule has 2 rings (SSSR count). The fourth-order valence-corrected chi connectivity index (χ4v) is 2.30. The van der Waals surface area contributed by atoms with Crippen LogP contribution < -0.4 is 5.32 Å². The van der Waals surface area contributed by atoms with Gasteiger partial charge in [0.05, 0.1) is 7.11 Å². The summed E-state index contributed by atoms with van der Waals surface area (Å²) < 4.78 is 4.71. The van der Waals surface area contributed by atoms with Crippen molar-refractivity contribution in [1.29, 1.82) is 0 Å². The van der Waals surface area contributed by atoms with Gasteiger partial charge in [0.25, 0.3) is 0 Å². The normalized spacial score (nSPS) is 12.2. The quantitative estimate of drug-likeness (QED) is 0.848. The Morgan fingerprint density at radius 2 is 2.20 bits per heavy atom. The number of aromatic nitrogens is 1. The van der Waals surface area contributed by atoms with Gasteiger partial charge >= 0.3 is 5.97 Å². The lowest BCUT2D eigenvalue weighted by atomic mass is 10.0. The van der Waals surface area contributed by atoms with E-state index in [0.29, 0.717) is 11.4 Å². The smallest absolute Gasteiger partial charge is 0.328 e. The molecule has 0 aliphatic heterocycles. The number of halogens is 1. The molecule has 0 spiro atoms. The molecule has 1 aromatic carbocycles. The predicted octanol–water partition coefficient (Wildman–Crippen LogP) is 2.04. The number of carbonyl (C=O) groups is 2. The highest BCUT2D eigenvalue weighted by molar-refractivity contribution is 6.31. The summed E-state index contributed by atoms with van der Waals surface area (Å²) in [6.45, 7) is 1.37. The van der Waals surface area contributed by atoms with Gasteiger partial charge in [0.1, 0.15) is 6.04 Å². The molecule has 6 heteroatoms. The molecule has 0 unspecified atom stereocenters. The van der Waals surface area contributed by atoms with Gasteiger partial charge in [-0.1, -0.05) is 17.7 Å². The summed E-state index contributed by atoms with van der Waals surface area (Å²) in [5.74, 6) is -0.744. The van der Waals surface area contributed by atoms with Crippen molar-refractivity contribution in [2.75, 3.05) is 7.11 Å². The van der Waals surface area contributed by atoms with E-state index in [1.54, 1.807) is 12.3 Å². The molecule has 0 radical (unpaired) electrons. The van der Waals surface area contributed by atoms with Gasteiger partial charge in [-0.2, -0.15) is 0 Å². The van der Waals surface area contributed by atoms with Crippen LogP contribution in [-0.2, 0) is 20.7 Å². The number of hydrogen-bond donors (Lipinski definition) is 2. The molecular weight excluding hydrogens is 280 g/mol. The number of fused-ring (bicyclic) bond motifs is 1. The highest BCUT2D eigenvalue weighted by atomic mass is 35.5. The second-order valence-corrected chi connectivity index (χ2v) is 4.92. The molecule has 1 aromatic heterocycles. The second-order valence-electron chi connectivity index (χ2n) is 4.48. The zero-order valence-electron chi connectivity index (χ0n) is 11.2. The van der Waals surface area contributed by atoms with Crippen molar-refractivity contribution in [3.05, 3.63) is 35.0 Å².